The third-order valence-corrected chi connectivity index (χ3v) is 5.83. The van der Waals surface area contributed by atoms with Gasteiger partial charge in [-0.3, -0.25) is 9.32 Å². The summed E-state index contributed by atoms with van der Waals surface area (Å²) in [4.78, 5) is 29.2. The summed E-state index contributed by atoms with van der Waals surface area (Å²) in [5.74, 6) is -0.229. The maximum absolute atomic E-state index is 12.6. The third kappa shape index (κ3) is 3.76. The molecular weight excluding hydrogens is 382 g/mol. The number of rotatable bonds is 6. The number of H-pyrrole nitrogens is 1. The number of carbonyl (C=O) groups is 1. The molecule has 6 nitrogen and oxygen atoms in total. The lowest BCUT2D eigenvalue weighted by Gasteiger charge is -1.96. The number of aromatic amines is 1. The molecule has 2 aromatic heterocycles. The highest BCUT2D eigenvalue weighted by molar-refractivity contribution is 8.01. The van der Waals surface area contributed by atoms with Gasteiger partial charge in [0.1, 0.15) is 0 Å². The second-order valence-corrected chi connectivity index (χ2v) is 7.66. The number of carbonyl (C=O) groups excluding carboxylic acids is 1. The molecular formula is C19H14N3O3S2+. The van der Waals surface area contributed by atoms with Gasteiger partial charge in [0.25, 0.3) is 0 Å². The van der Waals surface area contributed by atoms with Crippen molar-refractivity contribution in [3.8, 4) is 16.9 Å². The Kier molecular flexibility index (Phi) is 4.99. The fraction of sp³-hybridized carbons (Fsp3) is 0.0526. The standard InChI is InChI=1S/C19H13N3O3S2/c23-16(17-18(24)25-21-22(17)14-9-5-2-6-10-14)12-27-19-20-15(11-26-19)13-7-3-1-4-8-13/h1-11H,12H2/p+1. The average Bonchev–Trinajstić information content (AvgIpc) is 3.34. The van der Waals surface area contributed by atoms with Crippen LogP contribution in [0.4, 0.5) is 0 Å². The Morgan fingerprint density at radius 3 is 2.56 bits per heavy atom. The number of thioether (sulfide) groups is 1. The minimum atomic E-state index is -0.687. The molecule has 8 heteroatoms. The first-order chi connectivity index (χ1) is 13.2. The smallest absolute Gasteiger partial charge is 0.286 e. The normalized spacial score (nSPS) is 10.8. The fourth-order valence-electron chi connectivity index (χ4n) is 2.53. The predicted octanol–water partition coefficient (Wildman–Crippen LogP) is 3.34. The van der Waals surface area contributed by atoms with Gasteiger partial charge in [-0.15, -0.1) is 11.3 Å². The lowest BCUT2D eigenvalue weighted by Crippen LogP contribution is -2.41. The largest absolute Gasteiger partial charge is 0.438 e. The van der Waals surface area contributed by atoms with Crippen LogP contribution in [-0.4, -0.2) is 21.8 Å². The molecule has 0 atom stereocenters. The Labute approximate surface area is 162 Å². The van der Waals surface area contributed by atoms with Crippen LogP contribution in [0.25, 0.3) is 16.9 Å². The molecule has 0 aliphatic rings. The van der Waals surface area contributed by atoms with Gasteiger partial charge in [-0.25, -0.2) is 9.78 Å². The molecule has 0 spiro atoms. The Hall–Kier alpha value is -2.97. The molecule has 0 amide bonds. The molecule has 27 heavy (non-hydrogen) atoms. The highest BCUT2D eigenvalue weighted by Crippen LogP contribution is 2.28. The number of nitrogens with zero attached hydrogens (tertiary/aromatic N) is 2. The van der Waals surface area contributed by atoms with Gasteiger partial charge in [-0.05, 0) is 9.95 Å². The first-order valence-electron chi connectivity index (χ1n) is 8.08. The van der Waals surface area contributed by atoms with Crippen LogP contribution >= 0.6 is 23.1 Å². The first-order valence-corrected chi connectivity index (χ1v) is 9.95. The van der Waals surface area contributed by atoms with Crippen LogP contribution in [0.1, 0.15) is 10.5 Å². The number of hydrogen-bond donors (Lipinski definition) is 1. The summed E-state index contributed by atoms with van der Waals surface area (Å²) < 4.78 is 6.96. The number of ketones is 1. The third-order valence-electron chi connectivity index (χ3n) is 3.80. The lowest BCUT2D eigenvalue weighted by atomic mass is 10.2. The number of Topliss-reactive ketones (excluding diaryl/α,β-unsaturated/α-hetero) is 1. The summed E-state index contributed by atoms with van der Waals surface area (Å²) >= 11 is 2.78. The number of hydrogen-bond acceptors (Lipinski definition) is 6. The summed E-state index contributed by atoms with van der Waals surface area (Å²) in [7, 11) is 0. The van der Waals surface area contributed by atoms with E-state index >= 15 is 0 Å². The average molecular weight is 396 g/mol. The maximum Gasteiger partial charge on any atom is 0.438 e. The van der Waals surface area contributed by atoms with Crippen LogP contribution < -0.4 is 10.3 Å². The van der Waals surface area contributed by atoms with Gasteiger partial charge in [-0.1, -0.05) is 60.3 Å². The van der Waals surface area contributed by atoms with Crippen molar-refractivity contribution < 1.29 is 14.0 Å². The summed E-state index contributed by atoms with van der Waals surface area (Å²) in [6.45, 7) is 0. The SMILES string of the molecule is O=C(CSc1nc(-c2ccccc2)cs1)c1c(=O)o[nH][n+]1-c1ccccc1. The molecule has 4 aromatic rings. The van der Waals surface area contributed by atoms with E-state index in [2.05, 4.69) is 10.3 Å². The summed E-state index contributed by atoms with van der Waals surface area (Å²) in [6, 6.07) is 18.9. The molecule has 2 heterocycles. The van der Waals surface area contributed by atoms with Crippen LogP contribution in [0.3, 0.4) is 0 Å². The molecule has 4 rings (SSSR count). The minimum absolute atomic E-state index is 0.0338. The Balaban J connectivity index is 1.51. The van der Waals surface area contributed by atoms with E-state index in [9.17, 15) is 9.59 Å². The summed E-state index contributed by atoms with van der Waals surface area (Å²) in [5.41, 5.74) is 1.83. The molecule has 0 bridgehead atoms. The topological polar surface area (TPSA) is 79.8 Å². The van der Waals surface area contributed by atoms with Crippen LogP contribution in [0.5, 0.6) is 0 Å². The molecule has 2 aromatic carbocycles. The van der Waals surface area contributed by atoms with Crippen molar-refractivity contribution in [1.29, 1.82) is 0 Å². The second-order valence-electron chi connectivity index (χ2n) is 5.58. The van der Waals surface area contributed by atoms with Crippen LogP contribution in [0.15, 0.2) is 79.7 Å². The molecule has 0 radical (unpaired) electrons. The van der Waals surface area contributed by atoms with Gasteiger partial charge >= 0.3 is 11.3 Å². The van der Waals surface area contributed by atoms with Crippen molar-refractivity contribution in [3.63, 3.8) is 0 Å². The zero-order valence-electron chi connectivity index (χ0n) is 14.0. The van der Waals surface area contributed by atoms with E-state index in [4.69, 9.17) is 4.52 Å². The van der Waals surface area contributed by atoms with Gasteiger partial charge in [0, 0.05) is 23.1 Å². The number of benzene rings is 2. The molecule has 134 valence electrons. The van der Waals surface area contributed by atoms with Gasteiger partial charge in [0.15, 0.2) is 4.34 Å². The van der Waals surface area contributed by atoms with Crippen molar-refractivity contribution in [2.24, 2.45) is 0 Å². The molecule has 0 unspecified atom stereocenters. The number of para-hydroxylation sites is 1. The van der Waals surface area contributed by atoms with Gasteiger partial charge < -0.3 is 0 Å². The predicted molar refractivity (Wildman–Crippen MR) is 103 cm³/mol. The van der Waals surface area contributed by atoms with Crippen molar-refractivity contribution in [3.05, 3.63) is 82.2 Å². The highest BCUT2D eigenvalue weighted by Gasteiger charge is 2.30. The van der Waals surface area contributed by atoms with Gasteiger partial charge in [0.05, 0.1) is 11.4 Å². The zero-order chi connectivity index (χ0) is 18.6. The quantitative estimate of drug-likeness (QED) is 0.307. The molecule has 0 aliphatic carbocycles. The van der Waals surface area contributed by atoms with E-state index in [1.54, 1.807) is 12.1 Å². The Bertz CT molecular complexity index is 1120. The molecule has 0 saturated heterocycles. The lowest BCUT2D eigenvalue weighted by molar-refractivity contribution is -0.672. The van der Waals surface area contributed by atoms with Gasteiger partial charge in [-0.2, -0.15) is 0 Å². The van der Waals surface area contributed by atoms with Crippen molar-refractivity contribution in [2.75, 3.05) is 5.75 Å². The monoisotopic (exact) mass is 396 g/mol. The van der Waals surface area contributed by atoms with E-state index in [0.29, 0.717) is 5.69 Å². The minimum Gasteiger partial charge on any atom is -0.286 e. The second kappa shape index (κ2) is 7.73. The van der Waals surface area contributed by atoms with E-state index in [0.717, 1.165) is 15.6 Å². The van der Waals surface area contributed by atoms with Crippen molar-refractivity contribution in [1.82, 2.24) is 10.3 Å². The molecule has 1 N–H and O–H groups in total. The number of aromatic nitrogens is 3. The van der Waals surface area contributed by atoms with E-state index < -0.39 is 5.63 Å². The summed E-state index contributed by atoms with van der Waals surface area (Å²) in [6.07, 6.45) is 0. The molecule has 0 fully saturated rings. The highest BCUT2D eigenvalue weighted by atomic mass is 32.2. The number of nitrogens with one attached hydrogen (secondary N) is 1. The summed E-state index contributed by atoms with van der Waals surface area (Å²) in [5, 5.41) is 4.44. The Morgan fingerprint density at radius 2 is 1.81 bits per heavy atom. The van der Waals surface area contributed by atoms with Crippen LogP contribution in [-0.2, 0) is 0 Å². The number of thiazole rings is 1. The molecule has 0 aliphatic heterocycles. The maximum atomic E-state index is 12.6. The van der Waals surface area contributed by atoms with E-state index in [-0.39, 0.29) is 17.2 Å². The fourth-order valence-corrected chi connectivity index (χ4v) is 4.23. The van der Waals surface area contributed by atoms with Crippen molar-refractivity contribution in [2.45, 2.75) is 4.34 Å². The Morgan fingerprint density at radius 1 is 1.11 bits per heavy atom. The molecule has 0 saturated carbocycles. The van der Waals surface area contributed by atoms with Crippen LogP contribution in [0, 0.1) is 0 Å². The first kappa shape index (κ1) is 17.4. The van der Waals surface area contributed by atoms with Crippen LogP contribution in [0.2, 0.25) is 0 Å². The van der Waals surface area contributed by atoms with E-state index in [1.165, 1.54) is 27.8 Å². The zero-order valence-corrected chi connectivity index (χ0v) is 15.6. The van der Waals surface area contributed by atoms with Gasteiger partial charge in [0.2, 0.25) is 11.5 Å². The van der Waals surface area contributed by atoms with E-state index in [1.807, 2.05) is 53.9 Å². The van der Waals surface area contributed by atoms with Crippen molar-refractivity contribution >= 4 is 28.9 Å².